The normalized spacial score (nSPS) is 37.6. The van der Waals surface area contributed by atoms with Gasteiger partial charge in [0.15, 0.2) is 0 Å². The van der Waals surface area contributed by atoms with E-state index in [-0.39, 0.29) is 0 Å². The summed E-state index contributed by atoms with van der Waals surface area (Å²) in [5.74, 6) is 3.96. The molecule has 0 N–H and O–H groups in total. The molecule has 158 valence electrons. The molecule has 0 aromatic heterocycles. The second-order valence-electron chi connectivity index (χ2n) is 10.6. The fourth-order valence-corrected chi connectivity index (χ4v) is 7.53. The van der Waals surface area contributed by atoms with Crippen molar-refractivity contribution in [3.63, 3.8) is 0 Å². The van der Waals surface area contributed by atoms with E-state index in [0.717, 1.165) is 36.6 Å². The lowest BCUT2D eigenvalue weighted by Gasteiger charge is -2.53. The number of nitrogens with zero attached hydrogens (tertiary/aromatic N) is 2. The molecule has 0 aromatic carbocycles. The van der Waals surface area contributed by atoms with Crippen LogP contribution in [0.4, 0.5) is 0 Å². The third kappa shape index (κ3) is 3.58. The summed E-state index contributed by atoms with van der Waals surface area (Å²) in [6.07, 6.45) is 14.4. The van der Waals surface area contributed by atoms with E-state index in [2.05, 4.69) is 43.9 Å². The number of hydrogen-bond donors (Lipinski definition) is 0. The summed E-state index contributed by atoms with van der Waals surface area (Å²) in [6.45, 7) is 5.11. The van der Waals surface area contributed by atoms with Gasteiger partial charge in [-0.25, -0.2) is 0 Å². The van der Waals surface area contributed by atoms with Crippen LogP contribution in [-0.2, 0) is 4.74 Å². The van der Waals surface area contributed by atoms with Gasteiger partial charge in [-0.2, -0.15) is 0 Å². The van der Waals surface area contributed by atoms with Crippen molar-refractivity contribution in [1.29, 1.82) is 0 Å². The maximum absolute atomic E-state index is 5.57. The first-order valence-corrected chi connectivity index (χ1v) is 11.7. The SMILES string of the molecule is COC1=CCC2=C(CCC3C2CC[C@@]2(C)C3CC[C@@H]2N(C)CCCN(C)C)C1. The van der Waals surface area contributed by atoms with Crippen LogP contribution in [-0.4, -0.2) is 57.2 Å². The zero-order valence-electron chi connectivity index (χ0n) is 19.0. The Kier molecular flexibility index (Phi) is 5.95. The Morgan fingerprint density at radius 1 is 1.11 bits per heavy atom. The van der Waals surface area contributed by atoms with Gasteiger partial charge in [0.25, 0.3) is 0 Å². The zero-order valence-corrected chi connectivity index (χ0v) is 19.0. The molecular weight excluding hydrogens is 344 g/mol. The molecule has 3 nitrogen and oxygen atoms in total. The van der Waals surface area contributed by atoms with Crippen molar-refractivity contribution in [1.82, 2.24) is 9.80 Å². The molecule has 0 spiro atoms. The second kappa shape index (κ2) is 8.14. The molecule has 4 aliphatic carbocycles. The van der Waals surface area contributed by atoms with E-state index in [1.807, 2.05) is 12.7 Å². The van der Waals surface area contributed by atoms with Crippen LogP contribution in [0.1, 0.15) is 64.7 Å². The van der Waals surface area contributed by atoms with Crippen LogP contribution >= 0.6 is 0 Å². The summed E-state index contributed by atoms with van der Waals surface area (Å²) in [5.41, 5.74) is 4.09. The lowest BCUT2D eigenvalue weighted by molar-refractivity contribution is -0.00416. The number of hydrogen-bond acceptors (Lipinski definition) is 3. The lowest BCUT2D eigenvalue weighted by Crippen LogP contribution is -2.50. The zero-order chi connectivity index (χ0) is 19.9. The Bertz CT molecular complexity index is 636. The molecule has 0 amide bonds. The van der Waals surface area contributed by atoms with Gasteiger partial charge in [-0.15, -0.1) is 0 Å². The molecule has 0 aromatic rings. The third-order valence-corrected chi connectivity index (χ3v) is 8.92. The Morgan fingerprint density at radius 3 is 2.68 bits per heavy atom. The first-order valence-electron chi connectivity index (χ1n) is 11.7. The fraction of sp³-hybridized carbons (Fsp3) is 0.840. The van der Waals surface area contributed by atoms with Crippen molar-refractivity contribution < 1.29 is 4.74 Å². The van der Waals surface area contributed by atoms with Crippen molar-refractivity contribution >= 4 is 0 Å². The smallest absolute Gasteiger partial charge is 0.0959 e. The topological polar surface area (TPSA) is 15.7 Å². The van der Waals surface area contributed by atoms with Gasteiger partial charge in [0.1, 0.15) is 0 Å². The predicted molar refractivity (Wildman–Crippen MR) is 117 cm³/mol. The largest absolute Gasteiger partial charge is 0.501 e. The number of fused-ring (bicyclic) bond motifs is 4. The Labute approximate surface area is 173 Å². The molecule has 2 saturated carbocycles. The molecule has 28 heavy (non-hydrogen) atoms. The molecule has 0 heterocycles. The average Bonchev–Trinajstić information content (AvgIpc) is 3.04. The van der Waals surface area contributed by atoms with Crippen LogP contribution in [0.3, 0.4) is 0 Å². The van der Waals surface area contributed by atoms with E-state index in [1.54, 1.807) is 5.57 Å². The molecule has 4 aliphatic rings. The van der Waals surface area contributed by atoms with Gasteiger partial charge >= 0.3 is 0 Å². The summed E-state index contributed by atoms with van der Waals surface area (Å²) >= 11 is 0. The van der Waals surface area contributed by atoms with E-state index in [9.17, 15) is 0 Å². The van der Waals surface area contributed by atoms with Gasteiger partial charge in [0, 0.05) is 12.5 Å². The van der Waals surface area contributed by atoms with E-state index >= 15 is 0 Å². The van der Waals surface area contributed by atoms with Gasteiger partial charge in [-0.05, 0) is 115 Å². The highest BCUT2D eigenvalue weighted by Crippen LogP contribution is 2.61. The van der Waals surface area contributed by atoms with Crippen molar-refractivity contribution in [3.05, 3.63) is 23.0 Å². The summed E-state index contributed by atoms with van der Waals surface area (Å²) in [4.78, 5) is 5.05. The second-order valence-corrected chi connectivity index (χ2v) is 10.6. The quantitative estimate of drug-likeness (QED) is 0.591. The minimum Gasteiger partial charge on any atom is -0.501 e. The van der Waals surface area contributed by atoms with Crippen LogP contribution in [0, 0.1) is 23.2 Å². The van der Waals surface area contributed by atoms with Gasteiger partial charge in [0.05, 0.1) is 12.9 Å². The van der Waals surface area contributed by atoms with Gasteiger partial charge < -0.3 is 14.5 Å². The molecule has 3 heteroatoms. The first kappa shape index (κ1) is 20.5. The van der Waals surface area contributed by atoms with E-state index in [1.165, 1.54) is 63.8 Å². The average molecular weight is 387 g/mol. The molecule has 4 rings (SSSR count). The summed E-state index contributed by atoms with van der Waals surface area (Å²) in [5, 5.41) is 0. The highest BCUT2D eigenvalue weighted by Gasteiger charge is 2.55. The Morgan fingerprint density at radius 2 is 1.93 bits per heavy atom. The minimum atomic E-state index is 0.536. The maximum atomic E-state index is 5.57. The summed E-state index contributed by atoms with van der Waals surface area (Å²) in [6, 6.07) is 0.794. The van der Waals surface area contributed by atoms with Crippen molar-refractivity contribution in [2.75, 3.05) is 41.3 Å². The van der Waals surface area contributed by atoms with E-state index < -0.39 is 0 Å². The molecule has 0 radical (unpaired) electrons. The highest BCUT2D eigenvalue weighted by atomic mass is 16.5. The third-order valence-electron chi connectivity index (χ3n) is 8.92. The van der Waals surface area contributed by atoms with Crippen LogP contribution in [0.5, 0.6) is 0 Å². The number of allylic oxidation sites excluding steroid dienone is 3. The van der Waals surface area contributed by atoms with Crippen LogP contribution in [0.2, 0.25) is 0 Å². The number of methoxy groups -OCH3 is 1. The lowest BCUT2D eigenvalue weighted by atomic mass is 9.54. The van der Waals surface area contributed by atoms with Gasteiger partial charge in [0.2, 0.25) is 0 Å². The van der Waals surface area contributed by atoms with Gasteiger partial charge in [-0.3, -0.25) is 0 Å². The standard InChI is InChI=1S/C25H42N2O/c1-25-14-13-21-20-10-8-19(28-5)17-18(20)7-9-22(21)23(25)11-12-24(25)27(4)16-6-15-26(2)3/h8,21-24H,6-7,9-17H2,1-5H3/t21?,22?,23?,24-,25-/m0/s1. The monoisotopic (exact) mass is 386 g/mol. The van der Waals surface area contributed by atoms with Crippen LogP contribution in [0.25, 0.3) is 0 Å². The van der Waals surface area contributed by atoms with Gasteiger partial charge in [-0.1, -0.05) is 18.1 Å². The minimum absolute atomic E-state index is 0.536. The maximum Gasteiger partial charge on any atom is 0.0959 e. The molecule has 0 saturated heterocycles. The van der Waals surface area contributed by atoms with Crippen LogP contribution in [0.15, 0.2) is 23.0 Å². The molecule has 0 bridgehead atoms. The van der Waals surface area contributed by atoms with Crippen molar-refractivity contribution in [2.24, 2.45) is 23.2 Å². The van der Waals surface area contributed by atoms with E-state index in [0.29, 0.717) is 5.41 Å². The molecule has 3 unspecified atom stereocenters. The summed E-state index contributed by atoms with van der Waals surface area (Å²) in [7, 11) is 8.62. The molecule has 5 atom stereocenters. The van der Waals surface area contributed by atoms with Crippen molar-refractivity contribution in [2.45, 2.75) is 70.8 Å². The highest BCUT2D eigenvalue weighted by molar-refractivity contribution is 5.32. The Hall–Kier alpha value is -0.800. The number of ether oxygens (including phenoxy) is 1. The first-order chi connectivity index (χ1) is 13.4. The molecular formula is C25H42N2O. The van der Waals surface area contributed by atoms with E-state index in [4.69, 9.17) is 4.74 Å². The van der Waals surface area contributed by atoms with Crippen molar-refractivity contribution in [3.8, 4) is 0 Å². The van der Waals surface area contributed by atoms with Crippen LogP contribution < -0.4 is 0 Å². The summed E-state index contributed by atoms with van der Waals surface area (Å²) < 4.78 is 5.57. The fourth-order valence-electron chi connectivity index (χ4n) is 7.53. The molecule has 0 aliphatic heterocycles. The molecule has 2 fully saturated rings. The predicted octanol–water partition coefficient (Wildman–Crippen LogP) is 5.10. The number of rotatable bonds is 6. The Balaban J connectivity index is 1.45.